The molecule has 0 aliphatic heterocycles. The standard InChI is InChI=1S/C12H14ClN3O2.C9H10ClN3O2.2CH4/c1-3-6-14-11(8-16(17)18)9(2)10-4-5-12(13)15-7-10;1-6(8(11)5-13(14)15)7-2-3-9(10)12-4-7;;/h3-5,7-9,14H,1,6H2,2H3;2-6H,11H2,1H3;2*1H4/b11-8-;8-5-;;. The molecule has 35 heavy (non-hydrogen) atoms. The number of nitrogens with one attached hydrogen (secondary N) is 1. The van der Waals surface area contributed by atoms with Crippen LogP contribution in [0.2, 0.25) is 10.3 Å². The van der Waals surface area contributed by atoms with Crippen LogP contribution in [-0.2, 0) is 0 Å². The first-order chi connectivity index (χ1) is 15.5. The van der Waals surface area contributed by atoms with Gasteiger partial charge in [0.05, 0.1) is 21.2 Å². The maximum Gasteiger partial charge on any atom is 0.253 e. The molecule has 10 nitrogen and oxygen atoms in total. The van der Waals surface area contributed by atoms with Crippen molar-refractivity contribution in [3.63, 3.8) is 0 Å². The SMILES string of the molecule is C.C.C=CCN/C(=C\[N+](=O)[O-])C(C)c1ccc(Cl)nc1.CC(/C(N)=C/[N+](=O)[O-])c1ccc(Cl)nc1. The van der Waals surface area contributed by atoms with E-state index in [-0.39, 0.29) is 32.4 Å². The quantitative estimate of drug-likeness (QED) is 0.177. The fourth-order valence-corrected chi connectivity index (χ4v) is 2.73. The van der Waals surface area contributed by atoms with Crippen LogP contribution in [0.3, 0.4) is 0 Å². The molecule has 2 aromatic heterocycles. The van der Waals surface area contributed by atoms with Crippen molar-refractivity contribution in [2.45, 2.75) is 40.5 Å². The number of rotatable bonds is 9. The third-order valence-electron chi connectivity index (χ3n) is 4.42. The molecule has 0 saturated heterocycles. The Morgan fingerprint density at radius 2 is 1.46 bits per heavy atom. The summed E-state index contributed by atoms with van der Waals surface area (Å²) >= 11 is 11.3. The number of aromatic nitrogens is 2. The lowest BCUT2D eigenvalue weighted by Gasteiger charge is -2.15. The third-order valence-corrected chi connectivity index (χ3v) is 4.86. The summed E-state index contributed by atoms with van der Waals surface area (Å²) in [6.07, 6.45) is 6.55. The van der Waals surface area contributed by atoms with Gasteiger partial charge < -0.3 is 11.1 Å². The Hall–Kier alpha value is -3.50. The number of nitrogens with zero attached hydrogens (tertiary/aromatic N) is 4. The second-order valence-electron chi connectivity index (χ2n) is 6.73. The summed E-state index contributed by atoms with van der Waals surface area (Å²) in [5.74, 6) is -0.416. The van der Waals surface area contributed by atoms with E-state index < -0.39 is 9.85 Å². The van der Waals surface area contributed by atoms with Gasteiger partial charge in [-0.15, -0.1) is 6.58 Å². The van der Waals surface area contributed by atoms with Crippen LogP contribution in [0.4, 0.5) is 0 Å². The summed E-state index contributed by atoms with van der Waals surface area (Å²) in [5, 5.41) is 24.5. The minimum absolute atomic E-state index is 0. The van der Waals surface area contributed by atoms with Gasteiger partial charge in [0.15, 0.2) is 0 Å². The van der Waals surface area contributed by atoms with E-state index in [2.05, 4.69) is 21.9 Å². The number of nitrogens with two attached hydrogens (primary N) is 1. The molecular formula is C23H32Cl2N6O4. The van der Waals surface area contributed by atoms with Crippen molar-refractivity contribution in [1.29, 1.82) is 0 Å². The average molecular weight is 527 g/mol. The lowest BCUT2D eigenvalue weighted by atomic mass is 10.00. The first-order valence-electron chi connectivity index (χ1n) is 9.58. The average Bonchev–Trinajstić information content (AvgIpc) is 2.76. The topological polar surface area (TPSA) is 150 Å². The highest BCUT2D eigenvalue weighted by atomic mass is 35.5. The van der Waals surface area contributed by atoms with Crippen LogP contribution in [0.15, 0.2) is 73.1 Å². The Balaban J connectivity index is 0. The molecule has 0 aliphatic rings. The fraction of sp³-hybridized carbons (Fsp3) is 0.304. The van der Waals surface area contributed by atoms with Gasteiger partial charge in [0.2, 0.25) is 0 Å². The number of nitro groups is 2. The van der Waals surface area contributed by atoms with E-state index in [0.717, 1.165) is 23.5 Å². The molecule has 0 amide bonds. The monoisotopic (exact) mass is 526 g/mol. The molecule has 0 aliphatic carbocycles. The maximum absolute atomic E-state index is 10.6. The number of allylic oxidation sites excluding steroid dienone is 2. The second kappa shape index (κ2) is 17.0. The molecule has 2 heterocycles. The highest BCUT2D eigenvalue weighted by Gasteiger charge is 2.15. The van der Waals surface area contributed by atoms with Gasteiger partial charge in [0, 0.05) is 30.8 Å². The van der Waals surface area contributed by atoms with E-state index in [1.807, 2.05) is 6.92 Å². The molecular weight excluding hydrogens is 495 g/mol. The lowest BCUT2D eigenvalue weighted by molar-refractivity contribution is -0.404. The van der Waals surface area contributed by atoms with Crippen molar-refractivity contribution in [2.24, 2.45) is 5.73 Å². The molecule has 0 bridgehead atoms. The van der Waals surface area contributed by atoms with Crippen LogP contribution in [-0.4, -0.2) is 26.4 Å². The zero-order valence-corrected chi connectivity index (χ0v) is 19.5. The van der Waals surface area contributed by atoms with Crippen LogP contribution < -0.4 is 11.1 Å². The fourth-order valence-electron chi connectivity index (χ4n) is 2.51. The molecule has 12 heteroatoms. The van der Waals surface area contributed by atoms with Crippen molar-refractivity contribution in [3.8, 4) is 0 Å². The number of hydrogen-bond donors (Lipinski definition) is 2. The normalized spacial score (nSPS) is 12.5. The van der Waals surface area contributed by atoms with E-state index in [4.69, 9.17) is 28.9 Å². The van der Waals surface area contributed by atoms with Gasteiger partial charge in [-0.3, -0.25) is 20.2 Å². The maximum atomic E-state index is 10.6. The predicted octanol–water partition coefficient (Wildman–Crippen LogP) is 5.92. The molecule has 2 unspecified atom stereocenters. The molecule has 0 radical (unpaired) electrons. The Bertz CT molecular complexity index is 1010. The zero-order valence-electron chi connectivity index (χ0n) is 18.0. The van der Waals surface area contributed by atoms with Gasteiger partial charge in [-0.25, -0.2) is 9.97 Å². The molecule has 192 valence electrons. The zero-order chi connectivity index (χ0) is 25.0. The lowest BCUT2D eigenvalue weighted by Crippen LogP contribution is -2.19. The molecule has 2 rings (SSSR count). The van der Waals surface area contributed by atoms with Crippen molar-refractivity contribution in [3.05, 3.63) is 115 Å². The molecule has 2 atom stereocenters. The summed E-state index contributed by atoms with van der Waals surface area (Å²) < 4.78 is 0. The van der Waals surface area contributed by atoms with Crippen molar-refractivity contribution in [1.82, 2.24) is 15.3 Å². The molecule has 0 saturated carbocycles. The van der Waals surface area contributed by atoms with Gasteiger partial charge in [-0.05, 0) is 23.3 Å². The first kappa shape index (κ1) is 33.7. The van der Waals surface area contributed by atoms with Gasteiger partial charge in [-0.1, -0.05) is 70.1 Å². The van der Waals surface area contributed by atoms with E-state index in [1.54, 1.807) is 49.7 Å². The first-order valence-corrected chi connectivity index (χ1v) is 10.3. The van der Waals surface area contributed by atoms with Crippen LogP contribution in [0, 0.1) is 20.2 Å². The highest BCUT2D eigenvalue weighted by Crippen LogP contribution is 2.22. The molecule has 0 spiro atoms. The highest BCUT2D eigenvalue weighted by molar-refractivity contribution is 6.29. The van der Waals surface area contributed by atoms with Gasteiger partial charge >= 0.3 is 0 Å². The summed E-state index contributed by atoms with van der Waals surface area (Å²) in [5.41, 5.74) is 7.87. The number of hydrogen-bond acceptors (Lipinski definition) is 8. The summed E-state index contributed by atoms with van der Waals surface area (Å²) in [6.45, 7) is 7.65. The predicted molar refractivity (Wildman–Crippen MR) is 141 cm³/mol. The number of pyridine rings is 2. The van der Waals surface area contributed by atoms with Gasteiger partial charge in [-0.2, -0.15) is 0 Å². The van der Waals surface area contributed by atoms with Crippen molar-refractivity contribution in [2.75, 3.05) is 6.54 Å². The van der Waals surface area contributed by atoms with E-state index in [9.17, 15) is 20.2 Å². The van der Waals surface area contributed by atoms with Crippen molar-refractivity contribution < 1.29 is 9.85 Å². The minimum atomic E-state index is -0.574. The van der Waals surface area contributed by atoms with Crippen LogP contribution in [0.1, 0.15) is 51.7 Å². The van der Waals surface area contributed by atoms with E-state index in [1.165, 1.54) is 0 Å². The van der Waals surface area contributed by atoms with Gasteiger partial charge in [0.1, 0.15) is 10.3 Å². The molecule has 2 aromatic rings. The Morgan fingerprint density at radius 3 is 1.83 bits per heavy atom. The van der Waals surface area contributed by atoms with Crippen LogP contribution in [0.5, 0.6) is 0 Å². The summed E-state index contributed by atoms with van der Waals surface area (Å²) in [4.78, 5) is 27.6. The largest absolute Gasteiger partial charge is 0.397 e. The second-order valence-corrected chi connectivity index (χ2v) is 7.50. The van der Waals surface area contributed by atoms with Crippen LogP contribution in [0.25, 0.3) is 0 Å². The Morgan fingerprint density at radius 1 is 1.00 bits per heavy atom. The number of halogens is 2. The molecule has 0 fully saturated rings. The summed E-state index contributed by atoms with van der Waals surface area (Å²) in [7, 11) is 0. The van der Waals surface area contributed by atoms with Crippen LogP contribution >= 0.6 is 23.2 Å². The van der Waals surface area contributed by atoms with E-state index >= 15 is 0 Å². The van der Waals surface area contributed by atoms with Gasteiger partial charge in [0.25, 0.3) is 12.4 Å². The Labute approximate surface area is 215 Å². The molecule has 3 N–H and O–H groups in total. The molecule has 0 aromatic carbocycles. The Kier molecular flexibility index (Phi) is 16.4. The third kappa shape index (κ3) is 12.5. The minimum Gasteiger partial charge on any atom is -0.397 e. The van der Waals surface area contributed by atoms with E-state index in [0.29, 0.717) is 22.5 Å². The smallest absolute Gasteiger partial charge is 0.253 e. The van der Waals surface area contributed by atoms with Crippen molar-refractivity contribution >= 4 is 23.2 Å². The summed E-state index contributed by atoms with van der Waals surface area (Å²) in [6, 6.07) is 6.81.